The van der Waals surface area contributed by atoms with Crippen LogP contribution in [0.3, 0.4) is 0 Å². The number of rotatable bonds is 5. The molecule has 0 aliphatic carbocycles. The van der Waals surface area contributed by atoms with Gasteiger partial charge in [-0.2, -0.15) is 17.5 Å². The number of anilines is 1. The Labute approximate surface area is 88.6 Å². The van der Waals surface area contributed by atoms with Crippen LogP contribution in [0.15, 0.2) is 0 Å². The fraction of sp³-hybridized carbons (Fsp3) is 0.714. The first kappa shape index (κ1) is 12.2. The van der Waals surface area contributed by atoms with E-state index in [1.54, 1.807) is 6.92 Å². The van der Waals surface area contributed by atoms with Crippen LogP contribution >= 0.6 is 11.5 Å². The minimum Gasteiger partial charge on any atom is -0.370 e. The van der Waals surface area contributed by atoms with E-state index in [-0.39, 0.29) is 13.2 Å². The summed E-state index contributed by atoms with van der Waals surface area (Å²) in [4.78, 5) is 3.98. The summed E-state index contributed by atoms with van der Waals surface area (Å²) in [6.07, 6.45) is -4.26. The van der Waals surface area contributed by atoms with Crippen molar-refractivity contribution in [3.05, 3.63) is 5.82 Å². The van der Waals surface area contributed by atoms with E-state index in [1.165, 1.54) is 0 Å². The number of hydrogen-bond acceptors (Lipinski definition) is 5. The molecule has 1 N–H and O–H groups in total. The predicted molar refractivity (Wildman–Crippen MR) is 50.0 cm³/mol. The quantitative estimate of drug-likeness (QED) is 0.799. The first-order valence-electron chi connectivity index (χ1n) is 4.16. The molecule has 0 atom stereocenters. The maximum atomic E-state index is 11.6. The van der Waals surface area contributed by atoms with Crippen molar-refractivity contribution in [2.45, 2.75) is 13.1 Å². The summed E-state index contributed by atoms with van der Waals surface area (Å²) in [5, 5.41) is 3.39. The highest BCUT2D eigenvalue weighted by molar-refractivity contribution is 7.09. The van der Waals surface area contributed by atoms with Crippen LogP contribution in [0.5, 0.6) is 0 Å². The van der Waals surface area contributed by atoms with Crippen LogP contribution < -0.4 is 5.32 Å². The van der Waals surface area contributed by atoms with Gasteiger partial charge in [0.1, 0.15) is 12.4 Å². The van der Waals surface area contributed by atoms with Gasteiger partial charge < -0.3 is 10.1 Å². The fourth-order valence-corrected chi connectivity index (χ4v) is 1.39. The Kier molecular flexibility index (Phi) is 4.28. The third-order valence-electron chi connectivity index (χ3n) is 1.32. The van der Waals surface area contributed by atoms with Crippen LogP contribution in [0.2, 0.25) is 0 Å². The number of hydrogen-bond donors (Lipinski definition) is 1. The monoisotopic (exact) mass is 241 g/mol. The van der Waals surface area contributed by atoms with Gasteiger partial charge in [0, 0.05) is 18.1 Å². The van der Waals surface area contributed by atoms with Gasteiger partial charge in [-0.15, -0.1) is 0 Å². The molecule has 0 unspecified atom stereocenters. The summed E-state index contributed by atoms with van der Waals surface area (Å²) in [6, 6.07) is 0. The fourth-order valence-electron chi connectivity index (χ4n) is 0.787. The highest BCUT2D eigenvalue weighted by Crippen LogP contribution is 2.14. The van der Waals surface area contributed by atoms with Crippen LogP contribution in [0.25, 0.3) is 0 Å². The summed E-state index contributed by atoms with van der Waals surface area (Å²) in [6.45, 7) is 0.786. The standard InChI is InChI=1S/C7H10F3N3OS/c1-5-12-6(15-13-5)11-2-3-14-4-7(8,9)10/h2-4H2,1H3,(H,11,12,13). The molecule has 4 nitrogen and oxygen atoms in total. The van der Waals surface area contributed by atoms with Gasteiger partial charge in [0.2, 0.25) is 5.13 Å². The Hall–Kier alpha value is -0.890. The van der Waals surface area contributed by atoms with Crippen molar-refractivity contribution in [2.24, 2.45) is 0 Å². The molecular formula is C7H10F3N3OS. The van der Waals surface area contributed by atoms with E-state index in [0.29, 0.717) is 11.0 Å². The van der Waals surface area contributed by atoms with E-state index >= 15 is 0 Å². The minimum atomic E-state index is -4.26. The Morgan fingerprint density at radius 3 is 2.73 bits per heavy atom. The van der Waals surface area contributed by atoms with Crippen LogP contribution in [-0.4, -0.2) is 35.3 Å². The normalized spacial score (nSPS) is 11.7. The number of nitrogens with zero attached hydrogens (tertiary/aromatic N) is 2. The van der Waals surface area contributed by atoms with Gasteiger partial charge in [-0.1, -0.05) is 0 Å². The smallest absolute Gasteiger partial charge is 0.370 e. The highest BCUT2D eigenvalue weighted by atomic mass is 32.1. The average Bonchev–Trinajstić information content (AvgIpc) is 2.49. The summed E-state index contributed by atoms with van der Waals surface area (Å²) in [7, 11) is 0. The molecule has 86 valence electrons. The number of halogens is 3. The Bertz CT molecular complexity index is 302. The van der Waals surface area contributed by atoms with Crippen LogP contribution in [0, 0.1) is 6.92 Å². The lowest BCUT2D eigenvalue weighted by Gasteiger charge is -2.07. The Morgan fingerprint density at radius 2 is 2.20 bits per heavy atom. The first-order valence-corrected chi connectivity index (χ1v) is 4.93. The Morgan fingerprint density at radius 1 is 1.47 bits per heavy atom. The molecule has 1 heterocycles. The molecule has 0 aliphatic rings. The molecule has 0 radical (unpaired) electrons. The molecule has 0 aliphatic heterocycles. The zero-order valence-corrected chi connectivity index (χ0v) is 8.78. The lowest BCUT2D eigenvalue weighted by atomic mass is 10.6. The zero-order valence-electron chi connectivity index (χ0n) is 7.97. The van der Waals surface area contributed by atoms with Gasteiger partial charge in [-0.25, -0.2) is 4.98 Å². The summed E-state index contributed by atoms with van der Waals surface area (Å²) in [5.74, 6) is 0.638. The highest BCUT2D eigenvalue weighted by Gasteiger charge is 2.27. The summed E-state index contributed by atoms with van der Waals surface area (Å²) < 4.78 is 43.2. The number of aryl methyl sites for hydroxylation is 1. The van der Waals surface area contributed by atoms with Crippen LogP contribution in [0.4, 0.5) is 18.3 Å². The van der Waals surface area contributed by atoms with Crippen molar-refractivity contribution >= 4 is 16.7 Å². The molecule has 0 fully saturated rings. The third kappa shape index (κ3) is 5.53. The number of aromatic nitrogens is 2. The molecule has 0 saturated heterocycles. The van der Waals surface area contributed by atoms with E-state index in [4.69, 9.17) is 0 Å². The van der Waals surface area contributed by atoms with Gasteiger partial charge in [0.25, 0.3) is 0 Å². The largest absolute Gasteiger partial charge is 0.411 e. The molecule has 15 heavy (non-hydrogen) atoms. The number of ether oxygens (including phenoxy) is 1. The van der Waals surface area contributed by atoms with Gasteiger partial charge in [0.05, 0.1) is 6.61 Å². The second kappa shape index (κ2) is 5.26. The second-order valence-electron chi connectivity index (χ2n) is 2.74. The van der Waals surface area contributed by atoms with Gasteiger partial charge >= 0.3 is 6.18 Å². The zero-order chi connectivity index (χ0) is 11.3. The average molecular weight is 241 g/mol. The number of nitrogens with one attached hydrogen (secondary N) is 1. The SMILES string of the molecule is Cc1nsc(NCCOCC(F)(F)F)n1. The summed E-state index contributed by atoms with van der Waals surface area (Å²) in [5.41, 5.74) is 0. The molecule has 1 rings (SSSR count). The van der Waals surface area contributed by atoms with E-state index in [1.807, 2.05) is 0 Å². The lowest BCUT2D eigenvalue weighted by Crippen LogP contribution is -2.20. The van der Waals surface area contributed by atoms with Crippen molar-refractivity contribution in [3.63, 3.8) is 0 Å². The maximum Gasteiger partial charge on any atom is 0.411 e. The van der Waals surface area contributed by atoms with Gasteiger partial charge in [0.15, 0.2) is 0 Å². The lowest BCUT2D eigenvalue weighted by molar-refractivity contribution is -0.172. The molecule has 1 aromatic heterocycles. The van der Waals surface area contributed by atoms with E-state index in [0.717, 1.165) is 11.5 Å². The molecule has 0 aromatic carbocycles. The molecule has 1 aromatic rings. The van der Waals surface area contributed by atoms with Gasteiger partial charge in [-0.05, 0) is 6.92 Å². The predicted octanol–water partition coefficient (Wildman–Crippen LogP) is 1.84. The van der Waals surface area contributed by atoms with Crippen molar-refractivity contribution in [3.8, 4) is 0 Å². The molecule has 0 spiro atoms. The molecule has 0 amide bonds. The molecule has 0 saturated carbocycles. The van der Waals surface area contributed by atoms with Crippen LogP contribution in [0.1, 0.15) is 5.82 Å². The van der Waals surface area contributed by atoms with Crippen molar-refractivity contribution in [2.75, 3.05) is 25.1 Å². The van der Waals surface area contributed by atoms with Crippen LogP contribution in [-0.2, 0) is 4.74 Å². The van der Waals surface area contributed by atoms with Crippen molar-refractivity contribution in [1.82, 2.24) is 9.36 Å². The second-order valence-corrected chi connectivity index (χ2v) is 3.49. The van der Waals surface area contributed by atoms with E-state index in [9.17, 15) is 13.2 Å². The minimum absolute atomic E-state index is 0.0157. The molecular weight excluding hydrogens is 231 g/mol. The molecule has 0 bridgehead atoms. The van der Waals surface area contributed by atoms with Crippen molar-refractivity contribution in [1.29, 1.82) is 0 Å². The van der Waals surface area contributed by atoms with E-state index < -0.39 is 12.8 Å². The van der Waals surface area contributed by atoms with E-state index in [2.05, 4.69) is 19.4 Å². The topological polar surface area (TPSA) is 47.0 Å². The first-order chi connectivity index (χ1) is 6.97. The maximum absolute atomic E-state index is 11.6. The van der Waals surface area contributed by atoms with Crippen molar-refractivity contribution < 1.29 is 17.9 Å². The number of alkyl halides is 3. The molecule has 8 heteroatoms. The summed E-state index contributed by atoms with van der Waals surface area (Å²) >= 11 is 1.16. The Balaban J connectivity index is 2.07. The third-order valence-corrected chi connectivity index (χ3v) is 2.08. The van der Waals surface area contributed by atoms with Gasteiger partial charge in [-0.3, -0.25) is 0 Å².